The van der Waals surface area contributed by atoms with Gasteiger partial charge in [-0.1, -0.05) is 0 Å². The van der Waals surface area contributed by atoms with Crippen molar-refractivity contribution in [2.45, 2.75) is 39.2 Å². The molecule has 0 radical (unpaired) electrons. The number of carbonyl (C=O) groups is 1. The van der Waals surface area contributed by atoms with Gasteiger partial charge >= 0.3 is 0 Å². The van der Waals surface area contributed by atoms with Gasteiger partial charge in [0, 0.05) is 12.1 Å². The highest BCUT2D eigenvalue weighted by Crippen LogP contribution is 2.11. The highest BCUT2D eigenvalue weighted by atomic mass is 16.1. The molecule has 0 spiro atoms. The average Bonchev–Trinajstić information content (AvgIpc) is 2.02. The summed E-state index contributed by atoms with van der Waals surface area (Å²) in [7, 11) is 1.95. The smallest absolute Gasteiger partial charge is 0.210 e. The van der Waals surface area contributed by atoms with Crippen molar-refractivity contribution < 1.29 is 4.79 Å². The molecular weight excluding hydrogens is 164 g/mol. The Balaban J connectivity index is 3.67. The van der Waals surface area contributed by atoms with Gasteiger partial charge in [0.05, 0.1) is 0 Å². The molecule has 1 N–H and O–H groups in total. The van der Waals surface area contributed by atoms with Crippen molar-refractivity contribution in [2.75, 3.05) is 20.1 Å². The molecule has 0 saturated carbocycles. The minimum absolute atomic E-state index is 0.0403. The van der Waals surface area contributed by atoms with Crippen LogP contribution in [0.1, 0.15) is 33.6 Å². The summed E-state index contributed by atoms with van der Waals surface area (Å²) < 4.78 is 0. The van der Waals surface area contributed by atoms with Crippen molar-refractivity contribution in [1.29, 1.82) is 0 Å². The van der Waals surface area contributed by atoms with Crippen LogP contribution in [0, 0.1) is 0 Å². The van der Waals surface area contributed by atoms with Crippen LogP contribution in [0.2, 0.25) is 0 Å². The predicted octanol–water partition coefficient (Wildman–Crippen LogP) is 1.24. The van der Waals surface area contributed by atoms with Crippen molar-refractivity contribution in [1.82, 2.24) is 10.2 Å². The summed E-state index contributed by atoms with van der Waals surface area (Å²) in [6, 6.07) is 0. The Labute approximate surface area is 81.5 Å². The number of nitrogens with one attached hydrogen (secondary N) is 1. The van der Waals surface area contributed by atoms with Gasteiger partial charge in [-0.15, -0.1) is 0 Å². The molecule has 0 rings (SSSR count). The summed E-state index contributed by atoms with van der Waals surface area (Å²) in [6.45, 7) is 8.05. The third kappa shape index (κ3) is 5.64. The van der Waals surface area contributed by atoms with Crippen molar-refractivity contribution >= 4 is 6.41 Å². The van der Waals surface area contributed by atoms with Gasteiger partial charge in [0.1, 0.15) is 0 Å². The SMILES string of the molecule is CNCCCCN(C=O)C(C)(C)C. The number of unbranched alkanes of at least 4 members (excludes halogenated alkanes) is 1. The largest absolute Gasteiger partial charge is 0.340 e. The summed E-state index contributed by atoms with van der Waals surface area (Å²) in [4.78, 5) is 12.6. The average molecular weight is 186 g/mol. The van der Waals surface area contributed by atoms with E-state index in [1.807, 2.05) is 11.9 Å². The van der Waals surface area contributed by atoms with Crippen LogP contribution in [-0.2, 0) is 4.79 Å². The maximum Gasteiger partial charge on any atom is 0.210 e. The molecule has 0 aromatic heterocycles. The second-order valence-electron chi connectivity index (χ2n) is 4.28. The van der Waals surface area contributed by atoms with Crippen molar-refractivity contribution in [3.05, 3.63) is 0 Å². The first-order chi connectivity index (χ1) is 6.02. The summed E-state index contributed by atoms with van der Waals surface area (Å²) in [6.07, 6.45) is 3.13. The van der Waals surface area contributed by atoms with Crippen LogP contribution in [0.5, 0.6) is 0 Å². The van der Waals surface area contributed by atoms with Crippen LogP contribution in [0.3, 0.4) is 0 Å². The molecule has 0 saturated heterocycles. The zero-order valence-electron chi connectivity index (χ0n) is 9.26. The molecule has 0 aliphatic carbocycles. The number of hydrogen-bond acceptors (Lipinski definition) is 2. The van der Waals surface area contributed by atoms with Crippen LogP contribution in [0.15, 0.2) is 0 Å². The zero-order chi connectivity index (χ0) is 10.3. The van der Waals surface area contributed by atoms with Gasteiger partial charge in [0.2, 0.25) is 6.41 Å². The summed E-state index contributed by atoms with van der Waals surface area (Å²) in [5.41, 5.74) is -0.0403. The highest BCUT2D eigenvalue weighted by Gasteiger charge is 2.18. The summed E-state index contributed by atoms with van der Waals surface area (Å²) in [5, 5.41) is 3.09. The van der Waals surface area contributed by atoms with Crippen LogP contribution in [-0.4, -0.2) is 37.0 Å². The lowest BCUT2D eigenvalue weighted by atomic mass is 10.1. The monoisotopic (exact) mass is 186 g/mol. The van der Waals surface area contributed by atoms with E-state index in [2.05, 4.69) is 26.1 Å². The standard InChI is InChI=1S/C10H22N2O/c1-10(2,3)12(9-13)8-6-5-7-11-4/h9,11H,5-8H2,1-4H3. The minimum atomic E-state index is -0.0403. The van der Waals surface area contributed by atoms with E-state index in [-0.39, 0.29) is 5.54 Å². The van der Waals surface area contributed by atoms with Gasteiger partial charge in [0.15, 0.2) is 0 Å². The topological polar surface area (TPSA) is 32.3 Å². The van der Waals surface area contributed by atoms with E-state index in [0.717, 1.165) is 32.3 Å². The molecule has 0 aromatic carbocycles. The number of carbonyl (C=O) groups excluding carboxylic acids is 1. The molecule has 0 heterocycles. The first-order valence-electron chi connectivity index (χ1n) is 4.89. The van der Waals surface area contributed by atoms with E-state index in [1.54, 1.807) is 0 Å². The van der Waals surface area contributed by atoms with Crippen LogP contribution in [0.25, 0.3) is 0 Å². The second kappa shape index (κ2) is 5.97. The molecule has 0 unspecified atom stereocenters. The normalized spacial score (nSPS) is 11.4. The lowest BCUT2D eigenvalue weighted by Gasteiger charge is -2.32. The maximum absolute atomic E-state index is 10.7. The first kappa shape index (κ1) is 12.4. The van der Waals surface area contributed by atoms with E-state index in [4.69, 9.17) is 0 Å². The van der Waals surface area contributed by atoms with Gasteiger partial charge in [-0.05, 0) is 47.2 Å². The Hall–Kier alpha value is -0.570. The molecule has 3 nitrogen and oxygen atoms in total. The Morgan fingerprint density at radius 3 is 2.31 bits per heavy atom. The molecule has 0 aromatic rings. The lowest BCUT2D eigenvalue weighted by Crippen LogP contribution is -2.40. The van der Waals surface area contributed by atoms with E-state index in [1.165, 1.54) is 0 Å². The third-order valence-electron chi connectivity index (χ3n) is 2.06. The van der Waals surface area contributed by atoms with Gasteiger partial charge in [0.25, 0.3) is 0 Å². The lowest BCUT2D eigenvalue weighted by molar-refractivity contribution is -0.122. The van der Waals surface area contributed by atoms with Crippen LogP contribution in [0.4, 0.5) is 0 Å². The zero-order valence-corrected chi connectivity index (χ0v) is 9.26. The number of nitrogens with zero attached hydrogens (tertiary/aromatic N) is 1. The van der Waals surface area contributed by atoms with Gasteiger partial charge in [-0.2, -0.15) is 0 Å². The summed E-state index contributed by atoms with van der Waals surface area (Å²) in [5.74, 6) is 0. The Kier molecular flexibility index (Phi) is 5.71. The van der Waals surface area contributed by atoms with Crippen LogP contribution >= 0.6 is 0 Å². The van der Waals surface area contributed by atoms with E-state index < -0.39 is 0 Å². The molecule has 78 valence electrons. The van der Waals surface area contributed by atoms with Gasteiger partial charge in [-0.3, -0.25) is 4.79 Å². The molecular formula is C10H22N2O. The Bertz CT molecular complexity index is 140. The Morgan fingerprint density at radius 1 is 1.31 bits per heavy atom. The third-order valence-corrected chi connectivity index (χ3v) is 2.06. The van der Waals surface area contributed by atoms with Crippen molar-refractivity contribution in [2.24, 2.45) is 0 Å². The fourth-order valence-electron chi connectivity index (χ4n) is 1.13. The molecule has 0 bridgehead atoms. The highest BCUT2D eigenvalue weighted by molar-refractivity contribution is 5.48. The van der Waals surface area contributed by atoms with Gasteiger partial charge < -0.3 is 10.2 Å². The summed E-state index contributed by atoms with van der Waals surface area (Å²) >= 11 is 0. The van der Waals surface area contributed by atoms with Gasteiger partial charge in [-0.25, -0.2) is 0 Å². The molecule has 0 atom stereocenters. The number of amides is 1. The molecule has 0 fully saturated rings. The Morgan fingerprint density at radius 2 is 1.92 bits per heavy atom. The van der Waals surface area contributed by atoms with E-state index >= 15 is 0 Å². The minimum Gasteiger partial charge on any atom is -0.340 e. The number of hydrogen-bond donors (Lipinski definition) is 1. The van der Waals surface area contributed by atoms with Crippen molar-refractivity contribution in [3.63, 3.8) is 0 Å². The van der Waals surface area contributed by atoms with Crippen LogP contribution < -0.4 is 5.32 Å². The first-order valence-corrected chi connectivity index (χ1v) is 4.89. The predicted molar refractivity (Wildman–Crippen MR) is 55.7 cm³/mol. The quantitative estimate of drug-likeness (QED) is 0.500. The fraction of sp³-hybridized carbons (Fsp3) is 0.900. The van der Waals surface area contributed by atoms with E-state index in [0.29, 0.717) is 0 Å². The molecule has 13 heavy (non-hydrogen) atoms. The van der Waals surface area contributed by atoms with E-state index in [9.17, 15) is 4.79 Å². The number of rotatable bonds is 6. The molecule has 0 aliphatic heterocycles. The van der Waals surface area contributed by atoms with Crippen molar-refractivity contribution in [3.8, 4) is 0 Å². The fourth-order valence-corrected chi connectivity index (χ4v) is 1.13. The molecule has 3 heteroatoms. The second-order valence-corrected chi connectivity index (χ2v) is 4.28. The molecule has 1 amide bonds. The molecule has 0 aliphatic rings. The maximum atomic E-state index is 10.7.